The molecule has 1 aromatic carbocycles. The first-order chi connectivity index (χ1) is 8.66. The zero-order valence-electron chi connectivity index (χ0n) is 10.7. The van der Waals surface area contributed by atoms with Crippen molar-refractivity contribution in [3.63, 3.8) is 0 Å². The zero-order chi connectivity index (χ0) is 13.0. The molecule has 1 fully saturated rings. The Balaban J connectivity index is 1.98. The highest BCUT2D eigenvalue weighted by atomic mass is 16.4. The fourth-order valence-electron chi connectivity index (χ4n) is 2.59. The van der Waals surface area contributed by atoms with Crippen LogP contribution < -0.4 is 5.32 Å². The summed E-state index contributed by atoms with van der Waals surface area (Å²) in [6.07, 6.45) is 1.06. The third-order valence-corrected chi connectivity index (χ3v) is 3.61. The van der Waals surface area contributed by atoms with E-state index in [1.807, 2.05) is 18.2 Å². The van der Waals surface area contributed by atoms with E-state index in [1.54, 1.807) is 0 Å². The minimum Gasteiger partial charge on any atom is -0.465 e. The summed E-state index contributed by atoms with van der Waals surface area (Å²) in [5, 5.41) is 11.4. The molecule has 2 rings (SSSR count). The molecule has 18 heavy (non-hydrogen) atoms. The van der Waals surface area contributed by atoms with Crippen LogP contribution in [-0.4, -0.2) is 35.2 Å². The van der Waals surface area contributed by atoms with Crippen molar-refractivity contribution in [2.24, 2.45) is 0 Å². The van der Waals surface area contributed by atoms with Crippen LogP contribution in [0.15, 0.2) is 30.3 Å². The largest absolute Gasteiger partial charge is 0.465 e. The van der Waals surface area contributed by atoms with Gasteiger partial charge in [-0.15, -0.1) is 0 Å². The number of hydrogen-bond acceptors (Lipinski definition) is 2. The molecule has 0 aromatic heterocycles. The van der Waals surface area contributed by atoms with E-state index >= 15 is 0 Å². The van der Waals surface area contributed by atoms with E-state index in [2.05, 4.69) is 29.3 Å². The van der Waals surface area contributed by atoms with Crippen molar-refractivity contribution in [3.8, 4) is 0 Å². The van der Waals surface area contributed by atoms with Crippen LogP contribution in [-0.2, 0) is 0 Å². The molecule has 1 saturated heterocycles. The van der Waals surface area contributed by atoms with E-state index in [9.17, 15) is 4.79 Å². The Hall–Kier alpha value is -1.55. The molecular weight excluding hydrogens is 228 g/mol. The van der Waals surface area contributed by atoms with Gasteiger partial charge in [0, 0.05) is 18.6 Å². The Morgan fingerprint density at radius 3 is 2.83 bits per heavy atom. The summed E-state index contributed by atoms with van der Waals surface area (Å²) >= 11 is 0. The van der Waals surface area contributed by atoms with Gasteiger partial charge in [-0.2, -0.15) is 0 Å². The second-order valence-electron chi connectivity index (χ2n) is 4.87. The van der Waals surface area contributed by atoms with Crippen molar-refractivity contribution in [2.75, 3.05) is 13.1 Å². The number of benzene rings is 1. The zero-order valence-corrected chi connectivity index (χ0v) is 10.7. The van der Waals surface area contributed by atoms with Gasteiger partial charge in [0.05, 0.1) is 0 Å². The standard InChI is InChI=1S/C14H20N2O2/c1-11(12-6-3-2-4-7-12)16-9-5-8-13(10-16)15-14(17)18/h2-4,6-7,11,13,15H,5,8-10H2,1H3,(H,17,18)/t11-,13?/m0/s1. The van der Waals surface area contributed by atoms with Crippen LogP contribution in [0.5, 0.6) is 0 Å². The average Bonchev–Trinajstić information content (AvgIpc) is 2.38. The number of rotatable bonds is 3. The second kappa shape index (κ2) is 5.87. The predicted molar refractivity (Wildman–Crippen MR) is 70.6 cm³/mol. The molecule has 1 heterocycles. The Kier molecular flexibility index (Phi) is 4.20. The number of amides is 1. The van der Waals surface area contributed by atoms with Crippen molar-refractivity contribution in [1.29, 1.82) is 0 Å². The summed E-state index contributed by atoms with van der Waals surface area (Å²) < 4.78 is 0. The van der Waals surface area contributed by atoms with Gasteiger partial charge in [0.15, 0.2) is 0 Å². The van der Waals surface area contributed by atoms with Crippen LogP contribution in [0.3, 0.4) is 0 Å². The van der Waals surface area contributed by atoms with E-state index in [4.69, 9.17) is 5.11 Å². The second-order valence-corrected chi connectivity index (χ2v) is 4.87. The molecule has 2 atom stereocenters. The summed E-state index contributed by atoms with van der Waals surface area (Å²) in [6.45, 7) is 4.01. The van der Waals surface area contributed by atoms with Crippen molar-refractivity contribution >= 4 is 6.09 Å². The summed E-state index contributed by atoms with van der Waals surface area (Å²) in [7, 11) is 0. The van der Waals surface area contributed by atoms with Gasteiger partial charge >= 0.3 is 6.09 Å². The molecule has 0 saturated carbocycles. The highest BCUT2D eigenvalue weighted by Crippen LogP contribution is 2.23. The summed E-state index contributed by atoms with van der Waals surface area (Å²) in [5.74, 6) is 0. The molecule has 1 aromatic rings. The summed E-state index contributed by atoms with van der Waals surface area (Å²) in [6, 6.07) is 10.7. The molecule has 0 spiro atoms. The molecule has 0 aliphatic carbocycles. The van der Waals surface area contributed by atoms with Gasteiger partial charge in [0.2, 0.25) is 0 Å². The lowest BCUT2D eigenvalue weighted by molar-refractivity contribution is 0.137. The molecule has 1 amide bonds. The fourth-order valence-corrected chi connectivity index (χ4v) is 2.59. The molecule has 1 aliphatic heterocycles. The summed E-state index contributed by atoms with van der Waals surface area (Å²) in [4.78, 5) is 13.0. The van der Waals surface area contributed by atoms with Gasteiger partial charge in [-0.25, -0.2) is 4.79 Å². The van der Waals surface area contributed by atoms with Crippen molar-refractivity contribution in [2.45, 2.75) is 31.8 Å². The maximum absolute atomic E-state index is 10.7. The van der Waals surface area contributed by atoms with Gasteiger partial charge < -0.3 is 10.4 Å². The first-order valence-corrected chi connectivity index (χ1v) is 6.45. The van der Waals surface area contributed by atoms with Crippen LogP contribution in [0.2, 0.25) is 0 Å². The Morgan fingerprint density at radius 2 is 2.17 bits per heavy atom. The van der Waals surface area contributed by atoms with Crippen LogP contribution in [0.1, 0.15) is 31.4 Å². The van der Waals surface area contributed by atoms with Crippen molar-refractivity contribution < 1.29 is 9.90 Å². The topological polar surface area (TPSA) is 52.6 Å². The minimum absolute atomic E-state index is 0.0578. The number of nitrogens with zero attached hydrogens (tertiary/aromatic N) is 1. The number of carbonyl (C=O) groups is 1. The van der Waals surface area contributed by atoms with Crippen LogP contribution >= 0.6 is 0 Å². The summed E-state index contributed by atoms with van der Waals surface area (Å²) in [5.41, 5.74) is 1.29. The van der Waals surface area contributed by atoms with E-state index in [1.165, 1.54) is 5.56 Å². The molecule has 4 nitrogen and oxygen atoms in total. The van der Waals surface area contributed by atoms with Gasteiger partial charge in [0.25, 0.3) is 0 Å². The van der Waals surface area contributed by atoms with Crippen LogP contribution in [0.25, 0.3) is 0 Å². The average molecular weight is 248 g/mol. The highest BCUT2D eigenvalue weighted by molar-refractivity contribution is 5.64. The lowest BCUT2D eigenvalue weighted by Crippen LogP contribution is -2.47. The molecule has 1 aliphatic rings. The third-order valence-electron chi connectivity index (χ3n) is 3.61. The highest BCUT2D eigenvalue weighted by Gasteiger charge is 2.24. The van der Waals surface area contributed by atoms with Gasteiger partial charge in [0.1, 0.15) is 0 Å². The van der Waals surface area contributed by atoms with Crippen LogP contribution in [0.4, 0.5) is 4.79 Å². The fraction of sp³-hybridized carbons (Fsp3) is 0.500. The molecule has 2 N–H and O–H groups in total. The molecule has 0 bridgehead atoms. The normalized spacial score (nSPS) is 22.4. The van der Waals surface area contributed by atoms with E-state index in [0.717, 1.165) is 25.9 Å². The molecule has 4 heteroatoms. The predicted octanol–water partition coefficient (Wildman–Crippen LogP) is 2.48. The van der Waals surface area contributed by atoms with E-state index < -0.39 is 6.09 Å². The first-order valence-electron chi connectivity index (χ1n) is 6.45. The first kappa shape index (κ1) is 12.9. The minimum atomic E-state index is -0.922. The number of nitrogens with one attached hydrogen (secondary N) is 1. The Morgan fingerprint density at radius 1 is 1.44 bits per heavy atom. The third kappa shape index (κ3) is 3.23. The number of likely N-dealkylation sites (tertiary alicyclic amines) is 1. The smallest absolute Gasteiger partial charge is 0.404 e. The number of hydrogen-bond donors (Lipinski definition) is 2. The lowest BCUT2D eigenvalue weighted by Gasteiger charge is -2.36. The van der Waals surface area contributed by atoms with Gasteiger partial charge in [-0.3, -0.25) is 4.90 Å². The Bertz CT molecular complexity index is 394. The van der Waals surface area contributed by atoms with E-state index in [0.29, 0.717) is 6.04 Å². The maximum Gasteiger partial charge on any atom is 0.404 e. The molecule has 98 valence electrons. The van der Waals surface area contributed by atoms with Crippen molar-refractivity contribution in [1.82, 2.24) is 10.2 Å². The Labute approximate surface area is 108 Å². The van der Waals surface area contributed by atoms with Gasteiger partial charge in [-0.1, -0.05) is 30.3 Å². The maximum atomic E-state index is 10.7. The lowest BCUT2D eigenvalue weighted by atomic mass is 10.0. The van der Waals surface area contributed by atoms with Crippen LogP contribution in [0, 0.1) is 0 Å². The van der Waals surface area contributed by atoms with Crippen molar-refractivity contribution in [3.05, 3.63) is 35.9 Å². The van der Waals surface area contributed by atoms with Gasteiger partial charge in [-0.05, 0) is 31.9 Å². The number of carboxylic acid groups (broad SMARTS) is 1. The number of piperidine rings is 1. The molecule has 0 radical (unpaired) electrons. The monoisotopic (exact) mass is 248 g/mol. The SMILES string of the molecule is C[C@@H](c1ccccc1)N1CCCC(NC(=O)O)C1. The molecule has 1 unspecified atom stereocenters. The quantitative estimate of drug-likeness (QED) is 0.864. The molecular formula is C14H20N2O2. The van der Waals surface area contributed by atoms with E-state index in [-0.39, 0.29) is 6.04 Å².